The first-order valence-electron chi connectivity index (χ1n) is 29.1. The smallest absolute Gasteiger partial charge is 0.0634 e. The van der Waals surface area contributed by atoms with Crippen LogP contribution in [0.25, 0.3) is 186 Å². The van der Waals surface area contributed by atoms with Gasteiger partial charge in [-0.15, -0.1) is 0 Å². The van der Waals surface area contributed by atoms with Crippen molar-refractivity contribution in [1.82, 2.24) is 27.1 Å². The minimum Gasteiger partial charge on any atom is -0.309 e. The van der Waals surface area contributed by atoms with Gasteiger partial charge in [0.1, 0.15) is 0 Å². The highest BCUT2D eigenvalue weighted by molar-refractivity contribution is 6.45. The maximum absolute atomic E-state index is 2.64. The molecule has 0 aliphatic heterocycles. The van der Waals surface area contributed by atoms with Gasteiger partial charge < -0.3 is 27.1 Å². The molecule has 21 rings (SSSR count). The lowest BCUT2D eigenvalue weighted by molar-refractivity contribution is 1.18. The van der Waals surface area contributed by atoms with Crippen molar-refractivity contribution in [2.24, 2.45) is 0 Å². The zero-order valence-corrected chi connectivity index (χ0v) is 45.1. The Morgan fingerprint density at radius 1 is 0.155 bits per heavy atom. The Morgan fingerprint density at radius 3 is 0.524 bits per heavy atom. The lowest BCUT2D eigenvalue weighted by Gasteiger charge is -2.11. The van der Waals surface area contributed by atoms with Gasteiger partial charge in [0.25, 0.3) is 0 Å². The minimum atomic E-state index is 1.14. The maximum Gasteiger partial charge on any atom is 0.0634 e. The highest BCUT2D eigenvalue weighted by Gasteiger charge is 2.31. The van der Waals surface area contributed by atoms with Gasteiger partial charge in [0, 0.05) is 109 Å². The summed E-state index contributed by atoms with van der Waals surface area (Å²) in [4.78, 5) is 0. The molecule has 6 nitrogen and oxygen atoms in total. The predicted molar refractivity (Wildman–Crippen MR) is 353 cm³/mol. The van der Waals surface area contributed by atoms with Crippen molar-refractivity contribution in [3.05, 3.63) is 267 Å². The molecule has 0 fully saturated rings. The fraction of sp³-hybridized carbons (Fsp3) is 0. The van der Waals surface area contributed by atoms with Crippen LogP contribution in [-0.4, -0.2) is 27.1 Å². The molecule has 0 atom stereocenters. The molecule has 0 amide bonds. The Morgan fingerprint density at radius 2 is 0.333 bits per heavy atom. The first-order chi connectivity index (χ1) is 41.7. The lowest BCUT2D eigenvalue weighted by atomic mass is 9.97. The SMILES string of the molecule is c1ccc2c(c1)c1ccccc1n2-c1ccc2c3c4c5ccc(-n6c7ccccc7c7ccccc76)cc5n5c6cc(-n7c8ccccc8c8ccccc87)ccc6c(c6c7ccc(-n8c9ccccc9c9ccccc98)cc7n(c2c1)c36)c45. The van der Waals surface area contributed by atoms with Gasteiger partial charge in [-0.05, 0) is 97.1 Å². The molecular formula is C78H44N6. The molecule has 0 saturated heterocycles. The van der Waals surface area contributed by atoms with E-state index in [9.17, 15) is 0 Å². The predicted octanol–water partition coefficient (Wildman–Crippen LogP) is 20.4. The summed E-state index contributed by atoms with van der Waals surface area (Å²) in [6.07, 6.45) is 0. The highest BCUT2D eigenvalue weighted by Crippen LogP contribution is 2.53. The van der Waals surface area contributed by atoms with Gasteiger partial charge in [0.2, 0.25) is 0 Å². The largest absolute Gasteiger partial charge is 0.309 e. The van der Waals surface area contributed by atoms with Gasteiger partial charge in [-0.1, -0.05) is 170 Å². The number of benzene rings is 13. The fourth-order valence-electron chi connectivity index (χ4n) is 16.0. The second-order valence-electron chi connectivity index (χ2n) is 23.2. The van der Waals surface area contributed by atoms with E-state index in [1.807, 2.05) is 0 Å². The third kappa shape index (κ3) is 5.21. The topological polar surface area (TPSA) is 28.5 Å². The number of para-hydroxylation sites is 8. The minimum absolute atomic E-state index is 1.14. The third-order valence-electron chi connectivity index (χ3n) is 19.2. The van der Waals surface area contributed by atoms with Crippen LogP contribution in [-0.2, 0) is 0 Å². The van der Waals surface area contributed by atoms with E-state index in [0.29, 0.717) is 0 Å². The van der Waals surface area contributed by atoms with Crippen molar-refractivity contribution in [1.29, 1.82) is 0 Å². The van der Waals surface area contributed by atoms with Crippen LogP contribution in [0.1, 0.15) is 0 Å². The molecule has 6 heteroatoms. The molecule has 21 aromatic rings. The van der Waals surface area contributed by atoms with E-state index < -0.39 is 0 Å². The van der Waals surface area contributed by atoms with Crippen LogP contribution in [0, 0.1) is 0 Å². The van der Waals surface area contributed by atoms with E-state index in [0.717, 1.165) is 22.7 Å². The summed E-state index contributed by atoms with van der Waals surface area (Å²) in [5.41, 5.74) is 21.4. The summed E-state index contributed by atoms with van der Waals surface area (Å²) >= 11 is 0. The summed E-state index contributed by atoms with van der Waals surface area (Å²) in [6.45, 7) is 0. The maximum atomic E-state index is 2.64. The normalized spacial score (nSPS) is 12.8. The first-order valence-corrected chi connectivity index (χ1v) is 29.1. The van der Waals surface area contributed by atoms with Gasteiger partial charge in [-0.3, -0.25) is 0 Å². The molecule has 0 aliphatic carbocycles. The molecule has 0 aliphatic rings. The van der Waals surface area contributed by atoms with E-state index in [2.05, 4.69) is 294 Å². The van der Waals surface area contributed by atoms with Crippen LogP contribution >= 0.6 is 0 Å². The molecule has 84 heavy (non-hydrogen) atoms. The molecule has 386 valence electrons. The summed E-state index contributed by atoms with van der Waals surface area (Å²) in [6, 6.07) is 100. The van der Waals surface area contributed by atoms with Crippen LogP contribution in [0.3, 0.4) is 0 Å². The monoisotopic (exact) mass is 1060 g/mol. The Bertz CT molecular complexity index is 5490. The van der Waals surface area contributed by atoms with E-state index in [4.69, 9.17) is 0 Å². The number of rotatable bonds is 4. The second kappa shape index (κ2) is 15.4. The van der Waals surface area contributed by atoms with Crippen molar-refractivity contribution in [3.63, 3.8) is 0 Å². The van der Waals surface area contributed by atoms with Crippen molar-refractivity contribution in [2.45, 2.75) is 0 Å². The number of nitrogens with zero attached hydrogens (tertiary/aromatic N) is 6. The molecule has 8 heterocycles. The van der Waals surface area contributed by atoms with Gasteiger partial charge >= 0.3 is 0 Å². The molecule has 0 unspecified atom stereocenters. The van der Waals surface area contributed by atoms with Crippen LogP contribution in [0.5, 0.6) is 0 Å². The standard InChI is InChI=1S/C78H44N6/c1-9-25-61-49(17-1)50-18-2-10-26-62(50)79(61)45-33-37-57-69(41-45)83-70-42-46(80-63-27-11-3-19-51(63)52-20-4-12-28-64(52)80)34-38-58(70)75-76-60-40-36-48(82-67-31-15-7-23-55(67)56-24-8-16-32-68(56)82)44-72(60)84-71-43-47(35-39-59(71)74(78(76)84)73(57)77(75)83)81-65-29-13-5-21-53(65)54-22-6-14-30-66(54)81/h1-44H. The van der Waals surface area contributed by atoms with E-state index in [-0.39, 0.29) is 0 Å². The van der Waals surface area contributed by atoms with Crippen LogP contribution in [0.4, 0.5) is 0 Å². The molecule has 0 bridgehead atoms. The van der Waals surface area contributed by atoms with E-state index in [1.165, 1.54) is 163 Å². The van der Waals surface area contributed by atoms with Crippen molar-refractivity contribution >= 4 is 163 Å². The molecule has 8 aromatic heterocycles. The van der Waals surface area contributed by atoms with Gasteiger partial charge in [0.05, 0.1) is 77.2 Å². The van der Waals surface area contributed by atoms with Gasteiger partial charge in [-0.2, -0.15) is 0 Å². The number of hydrogen-bond acceptors (Lipinski definition) is 0. The van der Waals surface area contributed by atoms with Crippen molar-refractivity contribution < 1.29 is 0 Å². The number of fused-ring (bicyclic) bond motifs is 26. The molecule has 13 aromatic carbocycles. The molecule has 0 spiro atoms. The summed E-state index contributed by atoms with van der Waals surface area (Å²) in [5.74, 6) is 0. The second-order valence-corrected chi connectivity index (χ2v) is 23.2. The highest BCUT2D eigenvalue weighted by atomic mass is 15.0. The van der Waals surface area contributed by atoms with E-state index >= 15 is 0 Å². The summed E-state index contributed by atoms with van der Waals surface area (Å²) in [5, 5.41) is 20.1. The van der Waals surface area contributed by atoms with Gasteiger partial charge in [0.15, 0.2) is 0 Å². The summed E-state index contributed by atoms with van der Waals surface area (Å²) in [7, 11) is 0. The average molecular weight is 1070 g/mol. The Balaban J connectivity index is 0.953. The average Bonchev–Trinajstić information content (AvgIpc) is 1.57. The molecule has 0 radical (unpaired) electrons. The Labute approximate surface area is 477 Å². The lowest BCUT2D eigenvalue weighted by Crippen LogP contribution is -1.95. The fourth-order valence-corrected chi connectivity index (χ4v) is 16.0. The zero-order chi connectivity index (χ0) is 54.2. The van der Waals surface area contributed by atoms with Crippen molar-refractivity contribution in [2.75, 3.05) is 0 Å². The third-order valence-corrected chi connectivity index (χ3v) is 19.2. The Hall–Kier alpha value is -11.3. The quantitative estimate of drug-likeness (QED) is 0.168. The molecule has 0 N–H and O–H groups in total. The van der Waals surface area contributed by atoms with Crippen LogP contribution in [0.15, 0.2) is 267 Å². The van der Waals surface area contributed by atoms with Crippen LogP contribution in [0.2, 0.25) is 0 Å². The van der Waals surface area contributed by atoms with Crippen molar-refractivity contribution in [3.8, 4) is 22.7 Å². The molecular weight excluding hydrogens is 1020 g/mol. The first kappa shape index (κ1) is 43.5. The van der Waals surface area contributed by atoms with Gasteiger partial charge in [-0.25, -0.2) is 0 Å². The number of aromatic nitrogens is 6. The summed E-state index contributed by atoms with van der Waals surface area (Å²) < 4.78 is 15.2. The van der Waals surface area contributed by atoms with Crippen LogP contribution < -0.4 is 0 Å². The zero-order valence-electron chi connectivity index (χ0n) is 45.1. The molecule has 0 saturated carbocycles. The number of hydrogen-bond donors (Lipinski definition) is 0. The van der Waals surface area contributed by atoms with E-state index in [1.54, 1.807) is 0 Å². The Kier molecular flexibility index (Phi) is 7.94.